The van der Waals surface area contributed by atoms with Gasteiger partial charge in [-0.3, -0.25) is 0 Å². The average molecular weight is 214 g/mol. The standard InChI is InChI=1S/C11H11BN2O2/c1-8-6-13-11(14-7-8)9-2-4-10(5-3-9)12(15)16/h2-7,15-16H,1H3. The summed E-state index contributed by atoms with van der Waals surface area (Å²) in [5.74, 6) is 0.629. The molecule has 4 nitrogen and oxygen atoms in total. The molecule has 0 saturated heterocycles. The number of aryl methyl sites for hydroxylation is 1. The van der Waals surface area contributed by atoms with Crippen molar-refractivity contribution in [1.82, 2.24) is 9.97 Å². The lowest BCUT2D eigenvalue weighted by Crippen LogP contribution is -2.29. The molecule has 2 rings (SSSR count). The number of rotatable bonds is 2. The van der Waals surface area contributed by atoms with Gasteiger partial charge in [0.1, 0.15) is 0 Å². The SMILES string of the molecule is Cc1cnc(-c2ccc(B(O)O)cc2)nc1. The Bertz CT molecular complexity index is 468. The normalized spacial score (nSPS) is 10.2. The molecular formula is C11H11BN2O2. The second-order valence-electron chi connectivity index (χ2n) is 3.58. The first-order valence-electron chi connectivity index (χ1n) is 4.92. The Labute approximate surface area is 93.8 Å². The van der Waals surface area contributed by atoms with Crippen molar-refractivity contribution in [2.24, 2.45) is 0 Å². The van der Waals surface area contributed by atoms with Gasteiger partial charge in [0, 0.05) is 18.0 Å². The summed E-state index contributed by atoms with van der Waals surface area (Å²) in [5.41, 5.74) is 2.31. The van der Waals surface area contributed by atoms with E-state index in [1.807, 2.05) is 6.92 Å². The van der Waals surface area contributed by atoms with Crippen LogP contribution in [0.3, 0.4) is 0 Å². The molecule has 0 fully saturated rings. The summed E-state index contributed by atoms with van der Waals surface area (Å²) < 4.78 is 0. The van der Waals surface area contributed by atoms with Crippen LogP contribution in [0, 0.1) is 6.92 Å². The first-order valence-corrected chi connectivity index (χ1v) is 4.92. The van der Waals surface area contributed by atoms with E-state index in [1.54, 1.807) is 36.7 Å². The van der Waals surface area contributed by atoms with Crippen molar-refractivity contribution in [3.05, 3.63) is 42.2 Å². The zero-order valence-corrected chi connectivity index (χ0v) is 8.83. The van der Waals surface area contributed by atoms with Crippen LogP contribution in [0.4, 0.5) is 0 Å². The van der Waals surface area contributed by atoms with Gasteiger partial charge in [-0.2, -0.15) is 0 Å². The predicted molar refractivity (Wildman–Crippen MR) is 62.0 cm³/mol. The van der Waals surface area contributed by atoms with Crippen LogP contribution in [0.15, 0.2) is 36.7 Å². The van der Waals surface area contributed by atoms with Crippen LogP contribution in [0.5, 0.6) is 0 Å². The van der Waals surface area contributed by atoms with E-state index in [4.69, 9.17) is 10.0 Å². The summed E-state index contributed by atoms with van der Waals surface area (Å²) >= 11 is 0. The summed E-state index contributed by atoms with van der Waals surface area (Å²) in [5, 5.41) is 17.9. The third kappa shape index (κ3) is 2.26. The molecule has 1 aromatic carbocycles. The molecule has 0 amide bonds. The molecule has 0 unspecified atom stereocenters. The molecule has 0 radical (unpaired) electrons. The van der Waals surface area contributed by atoms with Crippen molar-refractivity contribution in [2.45, 2.75) is 6.92 Å². The Morgan fingerprint density at radius 3 is 2.06 bits per heavy atom. The fourth-order valence-corrected chi connectivity index (χ4v) is 1.35. The van der Waals surface area contributed by atoms with Gasteiger partial charge in [0.15, 0.2) is 5.82 Å². The van der Waals surface area contributed by atoms with Crippen molar-refractivity contribution in [1.29, 1.82) is 0 Å². The van der Waals surface area contributed by atoms with Crippen LogP contribution in [0.2, 0.25) is 0 Å². The lowest BCUT2D eigenvalue weighted by molar-refractivity contribution is 0.426. The molecule has 2 aromatic rings. The first-order chi connectivity index (χ1) is 7.66. The Morgan fingerprint density at radius 2 is 1.56 bits per heavy atom. The maximum Gasteiger partial charge on any atom is 0.488 e. The Kier molecular flexibility index (Phi) is 2.98. The van der Waals surface area contributed by atoms with E-state index in [9.17, 15) is 0 Å². The molecular weight excluding hydrogens is 203 g/mol. The molecule has 0 aliphatic carbocycles. The molecule has 16 heavy (non-hydrogen) atoms. The van der Waals surface area contributed by atoms with Crippen LogP contribution < -0.4 is 5.46 Å². The van der Waals surface area contributed by atoms with E-state index in [0.29, 0.717) is 11.3 Å². The molecule has 80 valence electrons. The van der Waals surface area contributed by atoms with Gasteiger partial charge in [-0.25, -0.2) is 9.97 Å². The second kappa shape index (κ2) is 4.43. The highest BCUT2D eigenvalue weighted by molar-refractivity contribution is 6.58. The molecule has 2 N–H and O–H groups in total. The van der Waals surface area contributed by atoms with Crippen LogP contribution in [-0.4, -0.2) is 27.1 Å². The topological polar surface area (TPSA) is 66.2 Å². The quantitative estimate of drug-likeness (QED) is 0.697. The third-order valence-corrected chi connectivity index (χ3v) is 2.25. The Morgan fingerprint density at radius 1 is 1.00 bits per heavy atom. The minimum absolute atomic E-state index is 0.455. The van der Waals surface area contributed by atoms with E-state index in [2.05, 4.69) is 9.97 Å². The van der Waals surface area contributed by atoms with Gasteiger partial charge in [-0.1, -0.05) is 24.3 Å². The van der Waals surface area contributed by atoms with Crippen LogP contribution >= 0.6 is 0 Å². The number of benzene rings is 1. The van der Waals surface area contributed by atoms with Gasteiger partial charge in [-0.15, -0.1) is 0 Å². The number of aromatic nitrogens is 2. The Balaban J connectivity index is 2.31. The van der Waals surface area contributed by atoms with E-state index < -0.39 is 7.12 Å². The fraction of sp³-hybridized carbons (Fsp3) is 0.0909. The predicted octanol–water partition coefficient (Wildman–Crippen LogP) is 0.132. The maximum atomic E-state index is 8.95. The summed E-state index contributed by atoms with van der Waals surface area (Å²) in [4.78, 5) is 8.37. The van der Waals surface area contributed by atoms with Crippen molar-refractivity contribution in [3.8, 4) is 11.4 Å². The highest BCUT2D eigenvalue weighted by atomic mass is 16.4. The van der Waals surface area contributed by atoms with Crippen LogP contribution in [-0.2, 0) is 0 Å². The molecule has 5 heteroatoms. The van der Waals surface area contributed by atoms with Gasteiger partial charge in [0.25, 0.3) is 0 Å². The maximum absolute atomic E-state index is 8.95. The number of nitrogens with zero attached hydrogens (tertiary/aromatic N) is 2. The van der Waals surface area contributed by atoms with Gasteiger partial charge >= 0.3 is 7.12 Å². The number of hydrogen-bond donors (Lipinski definition) is 2. The average Bonchev–Trinajstić information content (AvgIpc) is 2.30. The molecule has 0 aliphatic rings. The van der Waals surface area contributed by atoms with Crippen molar-refractivity contribution in [3.63, 3.8) is 0 Å². The zero-order valence-electron chi connectivity index (χ0n) is 8.83. The fourth-order valence-electron chi connectivity index (χ4n) is 1.35. The highest BCUT2D eigenvalue weighted by Crippen LogP contribution is 2.12. The van der Waals surface area contributed by atoms with Crippen molar-refractivity contribution < 1.29 is 10.0 Å². The second-order valence-corrected chi connectivity index (χ2v) is 3.58. The van der Waals surface area contributed by atoms with E-state index in [1.165, 1.54) is 0 Å². The molecule has 0 spiro atoms. The molecule has 0 saturated carbocycles. The minimum Gasteiger partial charge on any atom is -0.423 e. The van der Waals surface area contributed by atoms with Gasteiger partial charge in [-0.05, 0) is 17.9 Å². The van der Waals surface area contributed by atoms with Gasteiger partial charge < -0.3 is 10.0 Å². The molecule has 0 atom stereocenters. The minimum atomic E-state index is -1.44. The molecule has 1 aromatic heterocycles. The van der Waals surface area contributed by atoms with E-state index in [0.717, 1.165) is 11.1 Å². The summed E-state index contributed by atoms with van der Waals surface area (Å²) in [7, 11) is -1.44. The summed E-state index contributed by atoms with van der Waals surface area (Å²) in [6.07, 6.45) is 3.49. The first kappa shape index (κ1) is 10.8. The Hall–Kier alpha value is -1.72. The van der Waals surface area contributed by atoms with Crippen LogP contribution in [0.25, 0.3) is 11.4 Å². The number of hydrogen-bond acceptors (Lipinski definition) is 4. The molecule has 0 aliphatic heterocycles. The summed E-state index contributed by atoms with van der Waals surface area (Å²) in [6.45, 7) is 1.93. The van der Waals surface area contributed by atoms with Gasteiger partial charge in [0.2, 0.25) is 0 Å². The summed E-state index contributed by atoms with van der Waals surface area (Å²) in [6, 6.07) is 6.81. The lowest BCUT2D eigenvalue weighted by atomic mass is 9.80. The lowest BCUT2D eigenvalue weighted by Gasteiger charge is -2.02. The van der Waals surface area contributed by atoms with Crippen LogP contribution in [0.1, 0.15) is 5.56 Å². The van der Waals surface area contributed by atoms with E-state index in [-0.39, 0.29) is 0 Å². The van der Waals surface area contributed by atoms with Gasteiger partial charge in [0.05, 0.1) is 0 Å². The van der Waals surface area contributed by atoms with Crippen molar-refractivity contribution in [2.75, 3.05) is 0 Å². The molecule has 1 heterocycles. The third-order valence-electron chi connectivity index (χ3n) is 2.25. The highest BCUT2D eigenvalue weighted by Gasteiger charge is 2.10. The van der Waals surface area contributed by atoms with Crippen molar-refractivity contribution >= 4 is 12.6 Å². The zero-order chi connectivity index (χ0) is 11.5. The van der Waals surface area contributed by atoms with E-state index >= 15 is 0 Å². The molecule has 0 bridgehead atoms. The largest absolute Gasteiger partial charge is 0.488 e. The monoisotopic (exact) mass is 214 g/mol. The smallest absolute Gasteiger partial charge is 0.423 e.